The van der Waals surface area contributed by atoms with Crippen LogP contribution in [-0.2, 0) is 5.33 Å². The van der Waals surface area contributed by atoms with Crippen molar-refractivity contribution in [1.29, 1.82) is 0 Å². The smallest absolute Gasteiger partial charge is 0.125 e. The molecule has 1 aromatic rings. The molecule has 70 valence electrons. The second-order valence-electron chi connectivity index (χ2n) is 2.86. The lowest BCUT2D eigenvalue weighted by Gasteiger charge is -2.17. The van der Waals surface area contributed by atoms with Crippen LogP contribution >= 0.6 is 38.9 Å². The van der Waals surface area contributed by atoms with Gasteiger partial charge in [0.05, 0.1) is 9.89 Å². The average Bonchev–Trinajstić information content (AvgIpc) is 2.55. The van der Waals surface area contributed by atoms with Gasteiger partial charge in [-0.3, -0.25) is 4.99 Å². The predicted octanol–water partition coefficient (Wildman–Crippen LogP) is 1.47. The summed E-state index contributed by atoms with van der Waals surface area (Å²) in [6, 6.07) is 0. The van der Waals surface area contributed by atoms with Crippen LogP contribution in [0.1, 0.15) is 5.56 Å². The van der Waals surface area contributed by atoms with Gasteiger partial charge in [-0.15, -0.1) is 11.3 Å². The van der Waals surface area contributed by atoms with Crippen LogP contribution in [0.25, 0.3) is 5.16 Å². The first kappa shape index (κ1) is 9.49. The Balaban J connectivity index is 2.75. The topological polar surface area (TPSA) is 15.6 Å². The monoisotopic (exact) mass is 278 g/mol. The van der Waals surface area contributed by atoms with Gasteiger partial charge in [0, 0.05) is 12.4 Å². The normalized spacial score (nSPS) is 15.6. The van der Waals surface area contributed by atoms with E-state index in [1.807, 2.05) is 11.9 Å². The molecule has 2 heterocycles. The van der Waals surface area contributed by atoms with Crippen molar-refractivity contribution in [3.8, 4) is 0 Å². The van der Waals surface area contributed by atoms with Gasteiger partial charge in [-0.2, -0.15) is 0 Å². The molecule has 0 unspecified atom stereocenters. The molecule has 0 amide bonds. The van der Waals surface area contributed by atoms with Gasteiger partial charge in [-0.05, 0) is 10.9 Å². The van der Waals surface area contributed by atoms with E-state index in [1.165, 1.54) is 5.56 Å². The fraction of sp³-hybridized carbons (Fsp3) is 0.375. The third-order valence-electron chi connectivity index (χ3n) is 1.95. The van der Waals surface area contributed by atoms with Gasteiger partial charge in [-0.25, -0.2) is 0 Å². The van der Waals surface area contributed by atoms with Gasteiger partial charge in [-0.1, -0.05) is 27.5 Å². The van der Waals surface area contributed by atoms with Gasteiger partial charge in [0.1, 0.15) is 11.8 Å². The Kier molecular flexibility index (Phi) is 2.62. The van der Waals surface area contributed by atoms with Crippen molar-refractivity contribution in [3.63, 3.8) is 0 Å². The fourth-order valence-corrected chi connectivity index (χ4v) is 3.15. The zero-order valence-corrected chi connectivity index (χ0v) is 10.2. The maximum absolute atomic E-state index is 6.15. The Labute approximate surface area is 93.7 Å². The highest BCUT2D eigenvalue weighted by Crippen LogP contribution is 2.11. The molecule has 2 rings (SSSR count). The van der Waals surface area contributed by atoms with Crippen molar-refractivity contribution in [1.82, 2.24) is 4.90 Å². The lowest BCUT2D eigenvalue weighted by atomic mass is 10.3. The van der Waals surface area contributed by atoms with Crippen molar-refractivity contribution in [2.24, 2.45) is 4.99 Å². The summed E-state index contributed by atoms with van der Waals surface area (Å²) < 4.78 is 1.09. The molecule has 5 heteroatoms. The van der Waals surface area contributed by atoms with E-state index in [4.69, 9.17) is 11.6 Å². The van der Waals surface area contributed by atoms with Crippen LogP contribution < -0.4 is 9.89 Å². The van der Waals surface area contributed by atoms with Crippen molar-refractivity contribution >= 4 is 44.0 Å². The second-order valence-corrected chi connectivity index (χ2v) is 4.66. The maximum Gasteiger partial charge on any atom is 0.125 e. The van der Waals surface area contributed by atoms with Crippen LogP contribution in [0.3, 0.4) is 0 Å². The molecular weight excluding hydrogens is 272 g/mol. The molecule has 0 aromatic carbocycles. The molecule has 2 nitrogen and oxygen atoms in total. The summed E-state index contributed by atoms with van der Waals surface area (Å²) in [5, 5.41) is 4.81. The lowest BCUT2D eigenvalue weighted by Crippen LogP contribution is -2.35. The molecule has 0 N–H and O–H groups in total. The second kappa shape index (κ2) is 3.59. The van der Waals surface area contributed by atoms with Crippen LogP contribution in [-0.4, -0.2) is 18.6 Å². The molecule has 0 fully saturated rings. The van der Waals surface area contributed by atoms with E-state index in [0.29, 0.717) is 6.67 Å². The first-order valence-corrected chi connectivity index (χ1v) is 6.19. The van der Waals surface area contributed by atoms with Gasteiger partial charge < -0.3 is 4.90 Å². The Bertz CT molecular complexity index is 439. The number of thiophene rings is 1. The summed E-state index contributed by atoms with van der Waals surface area (Å²) in [5.41, 5.74) is 1.23. The summed E-state index contributed by atoms with van der Waals surface area (Å²) in [7, 11) is 1.95. The van der Waals surface area contributed by atoms with E-state index < -0.39 is 0 Å². The van der Waals surface area contributed by atoms with Crippen molar-refractivity contribution in [3.05, 3.63) is 20.8 Å². The summed E-state index contributed by atoms with van der Waals surface area (Å²) in [6.07, 6.45) is 0. The Hall–Kier alpha value is -0.0600. The first-order chi connectivity index (χ1) is 6.24. The molecule has 1 aliphatic heterocycles. The van der Waals surface area contributed by atoms with Crippen LogP contribution in [0.15, 0.2) is 10.4 Å². The molecule has 0 saturated carbocycles. The summed E-state index contributed by atoms with van der Waals surface area (Å²) >= 11 is 11.2. The SMILES string of the molecule is CN1CN=c2c(CBr)csc2=C1Cl. The largest absolute Gasteiger partial charge is 0.345 e. The maximum atomic E-state index is 6.15. The van der Waals surface area contributed by atoms with Crippen LogP contribution in [0.2, 0.25) is 0 Å². The molecule has 0 saturated heterocycles. The molecule has 0 bridgehead atoms. The highest BCUT2D eigenvalue weighted by Gasteiger charge is 2.11. The Morgan fingerprint density at radius 1 is 1.77 bits per heavy atom. The van der Waals surface area contributed by atoms with E-state index in [0.717, 1.165) is 20.4 Å². The van der Waals surface area contributed by atoms with Crippen molar-refractivity contribution < 1.29 is 0 Å². The highest BCUT2D eigenvalue weighted by molar-refractivity contribution is 9.08. The quantitative estimate of drug-likeness (QED) is 0.561. The highest BCUT2D eigenvalue weighted by atomic mass is 79.9. The molecule has 0 spiro atoms. The molecule has 13 heavy (non-hydrogen) atoms. The summed E-state index contributed by atoms with van der Waals surface area (Å²) in [5.74, 6) is 0. The molecular formula is C8H8BrClN2S. The number of rotatable bonds is 1. The number of halogens is 2. The van der Waals surface area contributed by atoms with Gasteiger partial charge in [0.15, 0.2) is 0 Å². The van der Waals surface area contributed by atoms with E-state index >= 15 is 0 Å². The van der Waals surface area contributed by atoms with E-state index in [2.05, 4.69) is 26.3 Å². The minimum Gasteiger partial charge on any atom is -0.345 e. The van der Waals surface area contributed by atoms with Crippen LogP contribution in [0, 0.1) is 0 Å². The summed E-state index contributed by atoms with van der Waals surface area (Å²) in [4.78, 5) is 6.40. The zero-order valence-electron chi connectivity index (χ0n) is 7.05. The van der Waals surface area contributed by atoms with Gasteiger partial charge in [0.25, 0.3) is 0 Å². The number of nitrogens with zero attached hydrogens (tertiary/aromatic N) is 2. The number of hydrogen-bond acceptors (Lipinski definition) is 3. The van der Waals surface area contributed by atoms with Gasteiger partial charge in [0.2, 0.25) is 0 Å². The minimum absolute atomic E-state index is 0.655. The lowest BCUT2D eigenvalue weighted by molar-refractivity contribution is 0.491. The number of fused-ring (bicyclic) bond motifs is 1. The zero-order chi connectivity index (χ0) is 9.42. The van der Waals surface area contributed by atoms with Crippen LogP contribution in [0.5, 0.6) is 0 Å². The summed E-state index contributed by atoms with van der Waals surface area (Å²) in [6.45, 7) is 0.655. The van der Waals surface area contributed by atoms with Crippen molar-refractivity contribution in [2.45, 2.75) is 5.33 Å². The number of hydrogen-bond donors (Lipinski definition) is 0. The Morgan fingerprint density at radius 3 is 3.23 bits per heavy atom. The van der Waals surface area contributed by atoms with Crippen molar-refractivity contribution in [2.75, 3.05) is 13.7 Å². The van der Waals surface area contributed by atoms with E-state index in [9.17, 15) is 0 Å². The van der Waals surface area contributed by atoms with E-state index in [1.54, 1.807) is 11.3 Å². The first-order valence-electron chi connectivity index (χ1n) is 3.82. The third-order valence-corrected chi connectivity index (χ3v) is 4.16. The molecule has 0 aliphatic carbocycles. The Morgan fingerprint density at radius 2 is 2.54 bits per heavy atom. The molecule has 0 atom stereocenters. The molecule has 1 aliphatic rings. The standard InChI is InChI=1S/C8H8BrClN2S/c1-12-4-11-6-5(2-9)3-13-7(6)8(12)10/h3H,2,4H2,1H3. The molecule has 1 aromatic heterocycles. The number of alkyl halides is 1. The molecule has 0 radical (unpaired) electrons. The average molecular weight is 280 g/mol. The predicted molar refractivity (Wildman–Crippen MR) is 59.6 cm³/mol. The van der Waals surface area contributed by atoms with Crippen LogP contribution in [0.4, 0.5) is 0 Å². The minimum atomic E-state index is 0.655. The fourth-order valence-electron chi connectivity index (χ4n) is 1.21. The van der Waals surface area contributed by atoms with Gasteiger partial charge >= 0.3 is 0 Å². The third kappa shape index (κ3) is 1.51. The van der Waals surface area contributed by atoms with E-state index in [-0.39, 0.29) is 0 Å².